The molecule has 1 aromatic heterocycles. The lowest BCUT2D eigenvalue weighted by atomic mass is 9.77. The maximum Gasteiger partial charge on any atom is 0.417 e. The standard InChI is InChI=1S/C24H26F3NO4S/c1-13-7-14(2)22(15(3)8-13)23-19(29)9-17(10-20(23)30)16(4)12-33(31,32)21-6-5-18(11-28-21)24(25,26)27/h5-8,11,16-17,29H,9-10,12H2,1-4H3. The number of allylic oxidation sites excluding steroid dienone is 2. The van der Waals surface area contributed by atoms with Crippen LogP contribution in [0.4, 0.5) is 13.2 Å². The van der Waals surface area contributed by atoms with Gasteiger partial charge >= 0.3 is 6.18 Å². The molecule has 0 saturated heterocycles. The van der Waals surface area contributed by atoms with Gasteiger partial charge < -0.3 is 5.11 Å². The summed E-state index contributed by atoms with van der Waals surface area (Å²) in [5.74, 6) is -1.66. The highest BCUT2D eigenvalue weighted by molar-refractivity contribution is 7.91. The van der Waals surface area contributed by atoms with Crippen LogP contribution in [0, 0.1) is 32.6 Å². The Balaban J connectivity index is 1.81. The number of ketones is 1. The summed E-state index contributed by atoms with van der Waals surface area (Å²) in [6.45, 7) is 7.35. The van der Waals surface area contributed by atoms with Crippen LogP contribution in [0.1, 0.15) is 47.6 Å². The van der Waals surface area contributed by atoms with Gasteiger partial charge in [-0.05, 0) is 61.4 Å². The Morgan fingerprint density at radius 3 is 2.21 bits per heavy atom. The van der Waals surface area contributed by atoms with Gasteiger partial charge in [-0.25, -0.2) is 13.4 Å². The summed E-state index contributed by atoms with van der Waals surface area (Å²) in [6.07, 6.45) is -3.90. The lowest BCUT2D eigenvalue weighted by molar-refractivity contribution is -0.137. The third-order valence-electron chi connectivity index (χ3n) is 6.07. The molecule has 2 atom stereocenters. The van der Waals surface area contributed by atoms with E-state index in [2.05, 4.69) is 4.98 Å². The zero-order chi connectivity index (χ0) is 24.7. The van der Waals surface area contributed by atoms with E-state index in [1.807, 2.05) is 32.9 Å². The van der Waals surface area contributed by atoms with Gasteiger partial charge in [0.25, 0.3) is 0 Å². The normalized spacial score (nSPS) is 18.5. The van der Waals surface area contributed by atoms with Crippen molar-refractivity contribution in [2.75, 3.05) is 5.75 Å². The smallest absolute Gasteiger partial charge is 0.417 e. The van der Waals surface area contributed by atoms with Crippen LogP contribution in [-0.2, 0) is 20.8 Å². The van der Waals surface area contributed by atoms with Crippen molar-refractivity contribution in [1.82, 2.24) is 4.98 Å². The zero-order valence-electron chi connectivity index (χ0n) is 18.8. The van der Waals surface area contributed by atoms with E-state index in [0.717, 1.165) is 22.8 Å². The van der Waals surface area contributed by atoms with Crippen molar-refractivity contribution in [3.05, 3.63) is 64.0 Å². The number of aromatic nitrogens is 1. The van der Waals surface area contributed by atoms with E-state index in [9.17, 15) is 31.5 Å². The molecule has 178 valence electrons. The summed E-state index contributed by atoms with van der Waals surface area (Å²) in [4.78, 5) is 16.5. The predicted molar refractivity (Wildman–Crippen MR) is 118 cm³/mol. The first-order valence-corrected chi connectivity index (χ1v) is 12.2. The predicted octanol–water partition coefficient (Wildman–Crippen LogP) is 5.38. The molecule has 1 heterocycles. The molecule has 5 nitrogen and oxygen atoms in total. The molecule has 0 spiro atoms. The van der Waals surface area contributed by atoms with Gasteiger partial charge in [0.15, 0.2) is 20.6 Å². The number of sulfone groups is 1. The molecule has 33 heavy (non-hydrogen) atoms. The van der Waals surface area contributed by atoms with E-state index in [1.165, 1.54) is 0 Å². The first-order valence-electron chi connectivity index (χ1n) is 10.5. The van der Waals surface area contributed by atoms with E-state index in [1.54, 1.807) is 6.92 Å². The largest absolute Gasteiger partial charge is 0.512 e. The molecule has 1 aliphatic rings. The minimum absolute atomic E-state index is 0.0665. The second-order valence-electron chi connectivity index (χ2n) is 8.83. The van der Waals surface area contributed by atoms with Crippen molar-refractivity contribution in [3.63, 3.8) is 0 Å². The molecule has 1 N–H and O–H groups in total. The number of rotatable bonds is 5. The fraction of sp³-hybridized carbons (Fsp3) is 0.417. The number of benzene rings is 1. The lowest BCUT2D eigenvalue weighted by Crippen LogP contribution is -2.28. The third kappa shape index (κ3) is 5.29. The van der Waals surface area contributed by atoms with E-state index in [4.69, 9.17) is 0 Å². The van der Waals surface area contributed by atoms with Crippen LogP contribution in [0.2, 0.25) is 0 Å². The number of pyridine rings is 1. The molecule has 0 aliphatic heterocycles. The van der Waals surface area contributed by atoms with E-state index in [0.29, 0.717) is 17.8 Å². The summed E-state index contributed by atoms with van der Waals surface area (Å²) >= 11 is 0. The first-order chi connectivity index (χ1) is 15.2. The van der Waals surface area contributed by atoms with E-state index < -0.39 is 44.2 Å². The minimum Gasteiger partial charge on any atom is -0.512 e. The van der Waals surface area contributed by atoms with Crippen LogP contribution in [0.25, 0.3) is 5.57 Å². The maximum atomic E-state index is 13.0. The second-order valence-corrected chi connectivity index (χ2v) is 10.8. The summed E-state index contributed by atoms with van der Waals surface area (Å²) in [7, 11) is -3.98. The minimum atomic E-state index is -4.61. The van der Waals surface area contributed by atoms with Crippen molar-refractivity contribution < 1.29 is 31.5 Å². The Labute approximate surface area is 191 Å². The Bertz CT molecular complexity index is 1190. The third-order valence-corrected chi connectivity index (χ3v) is 7.91. The van der Waals surface area contributed by atoms with Gasteiger partial charge in [-0.15, -0.1) is 0 Å². The molecular formula is C24H26F3NO4S. The molecule has 0 radical (unpaired) electrons. The van der Waals surface area contributed by atoms with Crippen molar-refractivity contribution in [1.29, 1.82) is 0 Å². The first kappa shape index (κ1) is 25.0. The fourth-order valence-electron chi connectivity index (χ4n) is 4.48. The number of nitrogens with zero attached hydrogens (tertiary/aromatic N) is 1. The molecule has 1 aromatic carbocycles. The number of carbonyl (C=O) groups excluding carboxylic acids is 1. The summed E-state index contributed by atoms with van der Waals surface area (Å²) in [5.41, 5.74) is 2.76. The molecule has 0 amide bonds. The molecule has 0 fully saturated rings. The van der Waals surface area contributed by atoms with E-state index >= 15 is 0 Å². The molecule has 0 saturated carbocycles. The Kier molecular flexibility index (Phi) is 6.75. The second kappa shape index (κ2) is 8.93. The van der Waals surface area contributed by atoms with Crippen LogP contribution in [0.15, 0.2) is 41.2 Å². The monoisotopic (exact) mass is 481 g/mol. The number of aryl methyl sites for hydroxylation is 3. The number of halogens is 3. The van der Waals surface area contributed by atoms with Gasteiger partial charge in [-0.3, -0.25) is 4.79 Å². The van der Waals surface area contributed by atoms with Gasteiger partial charge in [0.1, 0.15) is 5.76 Å². The molecule has 9 heteroatoms. The van der Waals surface area contributed by atoms with Crippen molar-refractivity contribution in [2.45, 2.75) is 51.7 Å². The number of hydrogen-bond acceptors (Lipinski definition) is 5. The zero-order valence-corrected chi connectivity index (χ0v) is 19.6. The molecule has 2 unspecified atom stereocenters. The molecule has 3 rings (SSSR count). The average molecular weight is 482 g/mol. The van der Waals surface area contributed by atoms with Gasteiger partial charge in [0, 0.05) is 19.0 Å². The van der Waals surface area contributed by atoms with Gasteiger partial charge in [-0.1, -0.05) is 24.6 Å². The van der Waals surface area contributed by atoms with Gasteiger partial charge in [0.2, 0.25) is 0 Å². The topological polar surface area (TPSA) is 84.3 Å². The summed E-state index contributed by atoms with van der Waals surface area (Å²) < 4.78 is 63.6. The molecular weight excluding hydrogens is 455 g/mol. The van der Waals surface area contributed by atoms with Gasteiger partial charge in [-0.2, -0.15) is 13.2 Å². The number of alkyl halides is 3. The number of aliphatic hydroxyl groups is 1. The highest BCUT2D eigenvalue weighted by atomic mass is 32.2. The SMILES string of the molecule is Cc1cc(C)c(C2=C(O)CC(C(C)CS(=O)(=O)c3ccc(C(F)(F)F)cn3)CC2=O)c(C)c1. The van der Waals surface area contributed by atoms with Crippen molar-refractivity contribution >= 4 is 21.2 Å². The summed E-state index contributed by atoms with van der Waals surface area (Å²) in [6, 6.07) is 5.40. The van der Waals surface area contributed by atoms with Gasteiger partial charge in [0.05, 0.1) is 16.9 Å². The average Bonchev–Trinajstić information content (AvgIpc) is 2.68. The van der Waals surface area contributed by atoms with Crippen LogP contribution >= 0.6 is 0 Å². The Morgan fingerprint density at radius 2 is 1.73 bits per heavy atom. The van der Waals surface area contributed by atoms with E-state index in [-0.39, 0.29) is 30.0 Å². The highest BCUT2D eigenvalue weighted by Crippen LogP contribution is 2.38. The van der Waals surface area contributed by atoms with Crippen molar-refractivity contribution in [3.8, 4) is 0 Å². The van der Waals surface area contributed by atoms with Crippen LogP contribution in [0.3, 0.4) is 0 Å². The summed E-state index contributed by atoms with van der Waals surface area (Å²) in [5, 5.41) is 10.3. The van der Waals surface area contributed by atoms with Crippen LogP contribution in [0.5, 0.6) is 0 Å². The number of hydrogen-bond donors (Lipinski definition) is 1. The van der Waals surface area contributed by atoms with Crippen LogP contribution < -0.4 is 0 Å². The number of carbonyl (C=O) groups is 1. The number of Topliss-reactive ketones (excluding diaryl/α,β-unsaturated/α-hetero) is 1. The Hall–Kier alpha value is -2.68. The Morgan fingerprint density at radius 1 is 1.12 bits per heavy atom. The van der Waals surface area contributed by atoms with Crippen molar-refractivity contribution in [2.24, 2.45) is 11.8 Å². The van der Waals surface area contributed by atoms with Crippen LogP contribution in [-0.4, -0.2) is 30.0 Å². The molecule has 1 aliphatic carbocycles. The quantitative estimate of drug-likeness (QED) is 0.620. The highest BCUT2D eigenvalue weighted by Gasteiger charge is 2.35. The number of aliphatic hydroxyl groups excluding tert-OH is 1. The molecule has 2 aromatic rings. The molecule has 0 bridgehead atoms. The maximum absolute atomic E-state index is 13.0. The lowest BCUT2D eigenvalue weighted by Gasteiger charge is -2.29. The fourth-order valence-corrected chi connectivity index (χ4v) is 6.11.